The Labute approximate surface area is 183 Å². The highest BCUT2D eigenvalue weighted by molar-refractivity contribution is 9.10. The van der Waals surface area contributed by atoms with Gasteiger partial charge in [0.15, 0.2) is 5.16 Å². The minimum atomic E-state index is -0.0717. The summed E-state index contributed by atoms with van der Waals surface area (Å²) < 4.78 is 3.04. The van der Waals surface area contributed by atoms with E-state index in [1.807, 2.05) is 54.8 Å². The predicted octanol–water partition coefficient (Wildman–Crippen LogP) is 5.17. The largest absolute Gasteiger partial charge is 0.325 e. The van der Waals surface area contributed by atoms with Gasteiger partial charge in [0.2, 0.25) is 5.91 Å². The minimum absolute atomic E-state index is 0.0717. The smallest absolute Gasteiger partial charge is 0.234 e. The van der Waals surface area contributed by atoms with Crippen LogP contribution in [0.2, 0.25) is 0 Å². The fourth-order valence-corrected chi connectivity index (χ4v) is 4.08. The van der Waals surface area contributed by atoms with Gasteiger partial charge in [0.1, 0.15) is 5.82 Å². The SMILES string of the molecule is C=CCn1c(Cc2ccccc2)nnc1SCC(=O)Nc1ccc(Br)c(C)c1C. The van der Waals surface area contributed by atoms with E-state index in [0.29, 0.717) is 13.0 Å². The van der Waals surface area contributed by atoms with E-state index in [9.17, 15) is 4.79 Å². The number of aromatic nitrogens is 3. The van der Waals surface area contributed by atoms with E-state index in [2.05, 4.69) is 50.2 Å². The van der Waals surface area contributed by atoms with Crippen molar-refractivity contribution in [1.82, 2.24) is 14.8 Å². The Morgan fingerprint density at radius 3 is 2.66 bits per heavy atom. The van der Waals surface area contributed by atoms with Crippen LogP contribution in [0.4, 0.5) is 5.69 Å². The number of carbonyl (C=O) groups excluding carboxylic acids is 1. The van der Waals surface area contributed by atoms with Crippen LogP contribution >= 0.6 is 27.7 Å². The lowest BCUT2D eigenvalue weighted by molar-refractivity contribution is -0.113. The lowest BCUT2D eigenvalue weighted by atomic mass is 10.1. The highest BCUT2D eigenvalue weighted by atomic mass is 79.9. The molecule has 0 radical (unpaired) electrons. The molecule has 0 aliphatic heterocycles. The van der Waals surface area contributed by atoms with Gasteiger partial charge >= 0.3 is 0 Å². The molecule has 29 heavy (non-hydrogen) atoms. The van der Waals surface area contributed by atoms with E-state index < -0.39 is 0 Å². The molecule has 3 aromatic rings. The van der Waals surface area contributed by atoms with Crippen LogP contribution in [0.1, 0.15) is 22.5 Å². The number of benzene rings is 2. The molecule has 0 aliphatic rings. The average molecular weight is 471 g/mol. The summed E-state index contributed by atoms with van der Waals surface area (Å²) in [6, 6.07) is 14.0. The van der Waals surface area contributed by atoms with Crippen molar-refractivity contribution in [2.24, 2.45) is 0 Å². The zero-order chi connectivity index (χ0) is 20.8. The molecule has 0 saturated carbocycles. The van der Waals surface area contributed by atoms with Gasteiger partial charge in [-0.05, 0) is 42.7 Å². The molecule has 0 saturated heterocycles. The molecule has 1 N–H and O–H groups in total. The van der Waals surface area contributed by atoms with Crippen molar-refractivity contribution in [3.8, 4) is 0 Å². The third-order valence-electron chi connectivity index (χ3n) is 4.64. The number of halogens is 1. The quantitative estimate of drug-likeness (QED) is 0.364. The molecule has 1 aromatic heterocycles. The van der Waals surface area contributed by atoms with Crippen LogP contribution in [0.5, 0.6) is 0 Å². The molecule has 2 aromatic carbocycles. The Balaban J connectivity index is 1.67. The molecule has 1 heterocycles. The van der Waals surface area contributed by atoms with Crippen LogP contribution in [0.3, 0.4) is 0 Å². The Morgan fingerprint density at radius 1 is 1.17 bits per heavy atom. The summed E-state index contributed by atoms with van der Waals surface area (Å²) in [4.78, 5) is 12.5. The molecule has 0 unspecified atom stereocenters. The maximum absolute atomic E-state index is 12.5. The highest BCUT2D eigenvalue weighted by Gasteiger charge is 2.15. The second-order valence-corrected chi connectivity index (χ2v) is 8.44. The lowest BCUT2D eigenvalue weighted by Gasteiger charge is -2.12. The maximum atomic E-state index is 12.5. The van der Waals surface area contributed by atoms with E-state index in [1.54, 1.807) is 0 Å². The number of allylic oxidation sites excluding steroid dienone is 1. The van der Waals surface area contributed by atoms with Crippen LogP contribution in [-0.2, 0) is 17.8 Å². The first kappa shape index (κ1) is 21.3. The van der Waals surface area contributed by atoms with Gasteiger partial charge in [0.05, 0.1) is 5.75 Å². The molecule has 0 fully saturated rings. The first-order chi connectivity index (χ1) is 14.0. The second kappa shape index (κ2) is 9.89. The predicted molar refractivity (Wildman–Crippen MR) is 122 cm³/mol. The first-order valence-corrected chi connectivity index (χ1v) is 11.0. The van der Waals surface area contributed by atoms with Crippen molar-refractivity contribution in [3.05, 3.63) is 82.1 Å². The zero-order valence-corrected chi connectivity index (χ0v) is 18.9. The molecular weight excluding hydrogens is 448 g/mol. The van der Waals surface area contributed by atoms with Crippen molar-refractivity contribution < 1.29 is 4.79 Å². The molecule has 7 heteroatoms. The fraction of sp³-hybridized carbons (Fsp3) is 0.227. The molecule has 0 bridgehead atoms. The number of carbonyl (C=O) groups is 1. The van der Waals surface area contributed by atoms with Gasteiger partial charge in [0, 0.05) is 23.1 Å². The van der Waals surface area contributed by atoms with Gasteiger partial charge < -0.3 is 9.88 Å². The van der Waals surface area contributed by atoms with Gasteiger partial charge in [-0.15, -0.1) is 16.8 Å². The van der Waals surface area contributed by atoms with Crippen LogP contribution in [-0.4, -0.2) is 26.4 Å². The van der Waals surface area contributed by atoms with Crippen molar-refractivity contribution >= 4 is 39.3 Å². The summed E-state index contributed by atoms with van der Waals surface area (Å²) in [5.74, 6) is 1.05. The van der Waals surface area contributed by atoms with Crippen LogP contribution < -0.4 is 5.32 Å². The van der Waals surface area contributed by atoms with E-state index in [-0.39, 0.29) is 11.7 Å². The molecule has 0 aliphatic carbocycles. The van der Waals surface area contributed by atoms with Gasteiger partial charge in [0.25, 0.3) is 0 Å². The monoisotopic (exact) mass is 470 g/mol. The van der Waals surface area contributed by atoms with Crippen molar-refractivity contribution in [3.63, 3.8) is 0 Å². The molecule has 0 spiro atoms. The number of hydrogen-bond donors (Lipinski definition) is 1. The minimum Gasteiger partial charge on any atom is -0.325 e. The summed E-state index contributed by atoms with van der Waals surface area (Å²) in [6.45, 7) is 8.46. The summed E-state index contributed by atoms with van der Waals surface area (Å²) in [5, 5.41) is 12.3. The van der Waals surface area contributed by atoms with E-state index in [1.165, 1.54) is 17.3 Å². The molecule has 0 atom stereocenters. The van der Waals surface area contributed by atoms with E-state index >= 15 is 0 Å². The van der Waals surface area contributed by atoms with E-state index in [0.717, 1.165) is 32.3 Å². The number of thioether (sulfide) groups is 1. The Bertz CT molecular complexity index is 1020. The lowest BCUT2D eigenvalue weighted by Crippen LogP contribution is -2.16. The number of nitrogens with one attached hydrogen (secondary N) is 1. The van der Waals surface area contributed by atoms with Crippen molar-refractivity contribution in [2.45, 2.75) is 32.0 Å². The number of anilines is 1. The standard InChI is InChI=1S/C22H23BrN4OS/c1-4-12-27-20(13-17-8-6-5-7-9-17)25-26-22(27)29-14-21(28)24-19-11-10-18(23)15(2)16(19)3/h4-11H,1,12-14H2,2-3H3,(H,24,28). The van der Waals surface area contributed by atoms with Gasteiger partial charge in [-0.3, -0.25) is 4.79 Å². The molecule has 150 valence electrons. The summed E-state index contributed by atoms with van der Waals surface area (Å²) in [7, 11) is 0. The Kier molecular flexibility index (Phi) is 7.28. The van der Waals surface area contributed by atoms with Gasteiger partial charge in [-0.2, -0.15) is 0 Å². The van der Waals surface area contributed by atoms with Crippen LogP contribution in [0, 0.1) is 13.8 Å². The number of amides is 1. The highest BCUT2D eigenvalue weighted by Crippen LogP contribution is 2.26. The molecule has 5 nitrogen and oxygen atoms in total. The van der Waals surface area contributed by atoms with Crippen LogP contribution in [0.25, 0.3) is 0 Å². The normalized spacial score (nSPS) is 10.7. The number of rotatable bonds is 8. The van der Waals surface area contributed by atoms with Crippen molar-refractivity contribution in [2.75, 3.05) is 11.1 Å². The van der Waals surface area contributed by atoms with Gasteiger partial charge in [-0.25, -0.2) is 0 Å². The number of nitrogens with zero attached hydrogens (tertiary/aromatic N) is 3. The Hall–Kier alpha value is -2.38. The maximum Gasteiger partial charge on any atom is 0.234 e. The third kappa shape index (κ3) is 5.36. The summed E-state index contributed by atoms with van der Waals surface area (Å²) >= 11 is 4.89. The van der Waals surface area contributed by atoms with Crippen LogP contribution in [0.15, 0.2) is 64.7 Å². The molecule has 1 amide bonds. The van der Waals surface area contributed by atoms with Crippen molar-refractivity contribution in [1.29, 1.82) is 0 Å². The molecule has 3 rings (SSSR count). The van der Waals surface area contributed by atoms with Gasteiger partial charge in [-0.1, -0.05) is 64.1 Å². The molecular formula is C22H23BrN4OS. The first-order valence-electron chi connectivity index (χ1n) is 9.25. The third-order valence-corrected chi connectivity index (χ3v) is 6.46. The average Bonchev–Trinajstić information content (AvgIpc) is 3.09. The topological polar surface area (TPSA) is 59.8 Å². The second-order valence-electron chi connectivity index (χ2n) is 6.64. The zero-order valence-electron chi connectivity index (χ0n) is 16.5. The number of hydrogen-bond acceptors (Lipinski definition) is 4. The fourth-order valence-electron chi connectivity index (χ4n) is 2.89. The summed E-state index contributed by atoms with van der Waals surface area (Å²) in [6.07, 6.45) is 2.50. The van der Waals surface area contributed by atoms with E-state index in [4.69, 9.17) is 0 Å². The summed E-state index contributed by atoms with van der Waals surface area (Å²) in [5.41, 5.74) is 4.17. The Morgan fingerprint density at radius 2 is 1.93 bits per heavy atom.